The average Bonchev–Trinajstić information content (AvgIpc) is 3.37. The van der Waals surface area contributed by atoms with Gasteiger partial charge in [-0.25, -0.2) is 0 Å². The van der Waals surface area contributed by atoms with E-state index in [0.717, 1.165) is 17.9 Å². The monoisotopic (exact) mass is 562 g/mol. The molecule has 0 radical (unpaired) electrons. The second-order valence-electron chi connectivity index (χ2n) is 9.23. The van der Waals surface area contributed by atoms with Gasteiger partial charge < -0.3 is 24.8 Å². The van der Waals surface area contributed by atoms with E-state index in [9.17, 15) is 0 Å². The summed E-state index contributed by atoms with van der Waals surface area (Å²) in [6.45, 7) is 19.3. The zero-order valence-corrected chi connectivity index (χ0v) is 25.5. The van der Waals surface area contributed by atoms with Crippen LogP contribution in [0.25, 0.3) is 17.4 Å². The van der Waals surface area contributed by atoms with Gasteiger partial charge in [0.1, 0.15) is 0 Å². The summed E-state index contributed by atoms with van der Waals surface area (Å²) in [7, 11) is 0. The van der Waals surface area contributed by atoms with E-state index in [0.29, 0.717) is 9.54 Å². The number of aryl methyl sites for hydroxylation is 1. The van der Waals surface area contributed by atoms with Gasteiger partial charge in [0.2, 0.25) is 0 Å². The van der Waals surface area contributed by atoms with Crippen molar-refractivity contribution in [2.45, 2.75) is 64.7 Å². The quantitative estimate of drug-likeness (QED) is 0.519. The van der Waals surface area contributed by atoms with E-state index in [4.69, 9.17) is 4.42 Å². The summed E-state index contributed by atoms with van der Waals surface area (Å²) in [4.78, 5) is 0. The molecular weight excluding hydrogens is 531 g/mol. The van der Waals surface area contributed by atoms with Gasteiger partial charge in [0.25, 0.3) is 0 Å². The number of benzene rings is 1. The van der Waals surface area contributed by atoms with Gasteiger partial charge in [-0.2, -0.15) is 0 Å². The molecule has 0 N–H and O–H groups in total. The first-order valence-corrected chi connectivity index (χ1v) is 20.1. The van der Waals surface area contributed by atoms with Gasteiger partial charge in [-0.1, -0.05) is 0 Å². The number of allylic oxidation sites excluding steroid dienone is 5. The van der Waals surface area contributed by atoms with Crippen LogP contribution in [-0.2, 0) is 26.8 Å². The second kappa shape index (κ2) is 10.8. The van der Waals surface area contributed by atoms with Crippen LogP contribution >= 0.6 is 0 Å². The van der Waals surface area contributed by atoms with E-state index in [1.807, 2.05) is 3.28 Å². The van der Waals surface area contributed by atoms with Crippen molar-refractivity contribution >= 4 is 11.5 Å². The third kappa shape index (κ3) is 4.52. The molecule has 5 heteroatoms. The predicted molar refractivity (Wildman–Crippen MR) is 128 cm³/mol. The molecule has 0 saturated heterocycles. The van der Waals surface area contributed by atoms with Crippen LogP contribution in [0.5, 0.6) is 0 Å². The Morgan fingerprint density at radius 3 is 2.19 bits per heavy atom. The molecule has 1 aromatic heterocycles. The van der Waals surface area contributed by atoms with Crippen LogP contribution in [0.3, 0.4) is 0 Å². The van der Waals surface area contributed by atoms with E-state index in [-0.39, 0.29) is 30.2 Å². The van der Waals surface area contributed by atoms with Crippen molar-refractivity contribution in [3.05, 3.63) is 72.8 Å². The molecule has 0 saturated carbocycles. The fourth-order valence-electron chi connectivity index (χ4n) is 5.38. The molecule has 0 amide bonds. The van der Waals surface area contributed by atoms with Gasteiger partial charge in [-0.15, -0.1) is 0 Å². The number of hydrogen-bond donors (Lipinski definition) is 0. The largest absolute Gasteiger partial charge is 1.00 e. The molecule has 2 aliphatic carbocycles. The van der Waals surface area contributed by atoms with Crippen molar-refractivity contribution < 1.29 is 49.6 Å². The molecule has 0 bridgehead atoms. The number of fused-ring (bicyclic) bond motifs is 1. The fourth-order valence-corrected chi connectivity index (χ4v) is 26.0. The zero-order chi connectivity index (χ0) is 21.7. The SMILES string of the molecule is CCc1ccc(-c2cccc3c2C=C(C)[CH]3[Zr+2]([C]2=C(C)C(C)=C(C)C2C)=[Si](C)C)o1.[Cl-].[Cl-]. The van der Waals surface area contributed by atoms with Gasteiger partial charge in [-0.05, 0) is 0 Å². The van der Waals surface area contributed by atoms with Crippen LogP contribution < -0.4 is 24.8 Å². The molecule has 2 unspecified atom stereocenters. The summed E-state index contributed by atoms with van der Waals surface area (Å²) in [6, 6.07) is 11.2. The molecule has 0 fully saturated rings. The molecule has 0 spiro atoms. The molecule has 32 heavy (non-hydrogen) atoms. The van der Waals surface area contributed by atoms with E-state index in [1.165, 1.54) is 11.1 Å². The zero-order valence-electron chi connectivity index (χ0n) is 20.5. The van der Waals surface area contributed by atoms with Crippen LogP contribution in [0.15, 0.2) is 60.3 Å². The average molecular weight is 565 g/mol. The maximum atomic E-state index is 6.16. The van der Waals surface area contributed by atoms with E-state index in [1.54, 1.807) is 27.9 Å². The summed E-state index contributed by atoms with van der Waals surface area (Å²) < 4.78 is 8.74. The van der Waals surface area contributed by atoms with E-state index >= 15 is 0 Å². The molecule has 2 atom stereocenters. The number of halogens is 2. The molecule has 2 aliphatic rings. The summed E-state index contributed by atoms with van der Waals surface area (Å²) in [5.74, 6) is 2.74. The second-order valence-corrected chi connectivity index (χ2v) is 26.6. The minimum Gasteiger partial charge on any atom is -1.00 e. The van der Waals surface area contributed by atoms with Crippen LogP contribution in [0.2, 0.25) is 13.1 Å². The molecular formula is C27H34Cl2OSiZr. The van der Waals surface area contributed by atoms with Crippen molar-refractivity contribution in [2.75, 3.05) is 0 Å². The summed E-state index contributed by atoms with van der Waals surface area (Å²) in [6.07, 6.45) is 3.43. The van der Waals surface area contributed by atoms with Crippen molar-refractivity contribution in [3.63, 3.8) is 0 Å². The van der Waals surface area contributed by atoms with Crippen LogP contribution in [0.4, 0.5) is 0 Å². The molecule has 4 rings (SSSR count). The van der Waals surface area contributed by atoms with Gasteiger partial charge >= 0.3 is 191 Å². The summed E-state index contributed by atoms with van der Waals surface area (Å²) >= 11 is -1.92. The molecule has 1 nitrogen and oxygen atoms in total. The van der Waals surface area contributed by atoms with E-state index in [2.05, 4.69) is 91.0 Å². The first-order valence-electron chi connectivity index (χ1n) is 11.2. The Hall–Kier alpha value is -0.600. The normalized spacial score (nSPS) is 19.2. The van der Waals surface area contributed by atoms with Gasteiger partial charge in [0.05, 0.1) is 0 Å². The van der Waals surface area contributed by atoms with Crippen LogP contribution in [0.1, 0.15) is 62.1 Å². The first kappa shape index (κ1) is 27.6. The Labute approximate surface area is 214 Å². The minimum atomic E-state index is -1.92. The minimum absolute atomic E-state index is 0. The van der Waals surface area contributed by atoms with Gasteiger partial charge in [0.15, 0.2) is 0 Å². The molecule has 2 aromatic rings. The van der Waals surface area contributed by atoms with E-state index < -0.39 is 20.4 Å². The first-order chi connectivity index (χ1) is 14.3. The third-order valence-corrected chi connectivity index (χ3v) is 26.4. The Bertz CT molecular complexity index is 1160. The van der Waals surface area contributed by atoms with Crippen LogP contribution in [-0.4, -0.2) is 5.43 Å². The topological polar surface area (TPSA) is 13.1 Å². The Morgan fingerprint density at radius 2 is 1.66 bits per heavy atom. The maximum absolute atomic E-state index is 6.16. The molecule has 170 valence electrons. The number of furan rings is 1. The Balaban J connectivity index is 0.00000181. The summed E-state index contributed by atoms with van der Waals surface area (Å²) in [5, 5.41) is 0. The molecule has 1 aromatic carbocycles. The van der Waals surface area contributed by atoms with Gasteiger partial charge in [0, 0.05) is 0 Å². The maximum Gasteiger partial charge on any atom is -1.00 e. The predicted octanol–water partition coefficient (Wildman–Crippen LogP) is 2.10. The van der Waals surface area contributed by atoms with Crippen molar-refractivity contribution in [3.8, 4) is 11.3 Å². The molecule has 1 heterocycles. The molecule has 0 aliphatic heterocycles. The standard InChI is InChI=1S/C16H15O.C9H13.C2H6Si.2ClH.Zr/c1-3-13-7-8-16(17-13)14-6-4-5-12-9-11(2)10-15(12)14;1-6-5-7(2)9(4)8(6)3;1-3-2;;;/h4-10H,3H2,1-2H3;6H,1-4H3;1-2H3;2*1H;/q;;;;;+2/p-2. The Morgan fingerprint density at radius 1 is 0.969 bits per heavy atom. The third-order valence-electron chi connectivity index (χ3n) is 7.31. The van der Waals surface area contributed by atoms with Crippen molar-refractivity contribution in [1.29, 1.82) is 0 Å². The van der Waals surface area contributed by atoms with Crippen molar-refractivity contribution in [1.82, 2.24) is 0 Å². The number of rotatable bonds is 4. The smallest absolute Gasteiger partial charge is 1.00 e. The summed E-state index contributed by atoms with van der Waals surface area (Å²) in [5.41, 5.74) is 10.3. The van der Waals surface area contributed by atoms with Crippen molar-refractivity contribution in [2.24, 2.45) is 5.92 Å². The number of hydrogen-bond acceptors (Lipinski definition) is 1. The van der Waals surface area contributed by atoms with Gasteiger partial charge in [-0.3, -0.25) is 0 Å². The fraction of sp³-hybridized carbons (Fsp3) is 0.407. The Kier molecular flexibility index (Phi) is 9.30. The van der Waals surface area contributed by atoms with Crippen LogP contribution in [0, 0.1) is 5.92 Å².